The van der Waals surface area contributed by atoms with Crippen LogP contribution in [-0.2, 0) is 22.6 Å². The van der Waals surface area contributed by atoms with Gasteiger partial charge in [-0.05, 0) is 51.3 Å². The van der Waals surface area contributed by atoms with Crippen LogP contribution in [0.1, 0.15) is 16.7 Å². The lowest BCUT2D eigenvalue weighted by atomic mass is 10.1. The van der Waals surface area contributed by atoms with Gasteiger partial charge in [0.15, 0.2) is 0 Å². The van der Waals surface area contributed by atoms with E-state index in [2.05, 4.69) is 32.2 Å². The lowest BCUT2D eigenvalue weighted by molar-refractivity contribution is -0.116. The van der Waals surface area contributed by atoms with Crippen molar-refractivity contribution < 1.29 is 17.9 Å². The van der Waals surface area contributed by atoms with Crippen molar-refractivity contribution in [2.75, 3.05) is 11.4 Å². The van der Waals surface area contributed by atoms with Crippen LogP contribution < -0.4 is 9.62 Å². The van der Waals surface area contributed by atoms with Gasteiger partial charge in [0, 0.05) is 37.1 Å². The van der Waals surface area contributed by atoms with E-state index in [0.717, 1.165) is 11.6 Å². The zero-order chi connectivity index (χ0) is 20.0. The van der Waals surface area contributed by atoms with E-state index in [1.54, 1.807) is 24.4 Å². The number of terminal acetylenes is 1. The van der Waals surface area contributed by atoms with Crippen molar-refractivity contribution >= 4 is 44.9 Å². The van der Waals surface area contributed by atoms with E-state index in [4.69, 9.17) is 6.42 Å². The Morgan fingerprint density at radius 2 is 2.26 bits per heavy atom. The Morgan fingerprint density at radius 1 is 1.52 bits per heavy atom. The molecule has 0 aliphatic rings. The van der Waals surface area contributed by atoms with Crippen LogP contribution in [0.2, 0.25) is 0 Å². The summed E-state index contributed by atoms with van der Waals surface area (Å²) in [5, 5.41) is 2.60. The Balaban J connectivity index is 2.08. The molecule has 0 saturated carbocycles. The summed E-state index contributed by atoms with van der Waals surface area (Å²) in [5.41, 5.74) is 0.999. The molecule has 1 atom stereocenters. The Morgan fingerprint density at radius 3 is 2.85 bits per heavy atom. The first-order chi connectivity index (χ1) is 12.8. The summed E-state index contributed by atoms with van der Waals surface area (Å²) in [6.07, 6.45) is 9.86. The molecular weight excluding hydrogens is 437 g/mol. The fourth-order valence-electron chi connectivity index (χ4n) is 2.17. The Kier molecular flexibility index (Phi) is 7.24. The maximum absolute atomic E-state index is 14.3. The number of nitrogens with one attached hydrogen (secondary N) is 1. The number of hydrogen-bond donors (Lipinski definition) is 1. The summed E-state index contributed by atoms with van der Waals surface area (Å²) < 4.78 is 37.8. The molecule has 0 saturated heterocycles. The van der Waals surface area contributed by atoms with Gasteiger partial charge in [-0.3, -0.25) is 9.00 Å². The molecule has 9 heteroatoms. The highest BCUT2D eigenvalue weighted by atomic mass is 79.9. The van der Waals surface area contributed by atoms with Crippen molar-refractivity contribution in [1.82, 2.24) is 10.3 Å². The largest absolute Gasteiger partial charge is 0.755 e. The molecule has 1 aromatic carbocycles. The van der Waals surface area contributed by atoms with Gasteiger partial charge in [-0.1, -0.05) is 12.0 Å². The first-order valence-electron chi connectivity index (χ1n) is 7.51. The minimum atomic E-state index is -2.66. The number of anilines is 1. The quantitative estimate of drug-likeness (QED) is 0.317. The maximum Gasteiger partial charge on any atom is 0.244 e. The smallest absolute Gasteiger partial charge is 0.244 e. The lowest BCUT2D eigenvalue weighted by Crippen LogP contribution is -2.23. The van der Waals surface area contributed by atoms with Gasteiger partial charge in [0.2, 0.25) is 5.91 Å². The third kappa shape index (κ3) is 5.72. The van der Waals surface area contributed by atoms with E-state index in [1.807, 2.05) is 0 Å². The van der Waals surface area contributed by atoms with Gasteiger partial charge < -0.3 is 14.2 Å². The van der Waals surface area contributed by atoms with Crippen molar-refractivity contribution in [3.8, 4) is 12.3 Å². The van der Waals surface area contributed by atoms with Gasteiger partial charge in [0.05, 0.1) is 11.3 Å². The number of benzene rings is 1. The molecule has 2 aromatic rings. The predicted octanol–water partition coefficient (Wildman–Crippen LogP) is 2.52. The van der Waals surface area contributed by atoms with Crippen molar-refractivity contribution in [1.29, 1.82) is 0 Å². The molecule has 1 aromatic heterocycles. The number of aromatic nitrogens is 1. The van der Waals surface area contributed by atoms with Gasteiger partial charge >= 0.3 is 0 Å². The summed E-state index contributed by atoms with van der Waals surface area (Å²) in [7, 11) is 1.19. The number of hydrogen-bond acceptors (Lipinski definition) is 4. The molecule has 0 spiro atoms. The maximum atomic E-state index is 14.3. The SMILES string of the molecule is C#Cc1cc(CNC(=O)C=Cc2ccc(Br)nc2)cc(F)c1N(C)S(=O)[O-]. The fraction of sp³-hybridized carbons (Fsp3) is 0.111. The van der Waals surface area contributed by atoms with E-state index in [1.165, 1.54) is 19.2 Å². The summed E-state index contributed by atoms with van der Waals surface area (Å²) in [4.78, 5) is 15.9. The fourth-order valence-corrected chi connectivity index (χ4v) is 2.74. The van der Waals surface area contributed by atoms with Crippen molar-refractivity contribution in [3.05, 3.63) is 63.6 Å². The number of nitrogens with zero attached hydrogens (tertiary/aromatic N) is 2. The summed E-state index contributed by atoms with van der Waals surface area (Å²) >= 11 is 0.556. The van der Waals surface area contributed by atoms with E-state index < -0.39 is 17.1 Å². The molecule has 0 aliphatic heterocycles. The molecule has 6 nitrogen and oxygen atoms in total. The van der Waals surface area contributed by atoms with Gasteiger partial charge in [0.1, 0.15) is 10.4 Å². The minimum absolute atomic E-state index is 0.0256. The molecule has 1 N–H and O–H groups in total. The molecule has 0 fully saturated rings. The highest BCUT2D eigenvalue weighted by Gasteiger charge is 2.15. The Hall–Kier alpha value is -2.54. The van der Waals surface area contributed by atoms with Crippen molar-refractivity contribution in [3.63, 3.8) is 0 Å². The normalized spacial score (nSPS) is 11.8. The van der Waals surface area contributed by atoms with Gasteiger partial charge in [-0.25, -0.2) is 9.37 Å². The second-order valence-corrected chi connectivity index (χ2v) is 7.09. The highest BCUT2D eigenvalue weighted by Crippen LogP contribution is 2.25. The standard InChI is InChI=1S/C18H15BrFN3O3S/c1-3-14-8-13(9-15(20)18(14)23(2)27(25)26)11-22-17(24)7-5-12-4-6-16(19)21-10-12/h1,4-10H,11H2,2H3,(H,22,24)(H,25,26)/p-1. The van der Waals surface area contributed by atoms with Crippen molar-refractivity contribution in [2.24, 2.45) is 0 Å². The average molecular weight is 451 g/mol. The lowest BCUT2D eigenvalue weighted by Gasteiger charge is -2.23. The Labute approximate surface area is 167 Å². The summed E-state index contributed by atoms with van der Waals surface area (Å²) in [6.45, 7) is 0.0256. The molecule has 140 valence electrons. The number of carbonyl (C=O) groups excluding carboxylic acids is 1. The van der Waals surface area contributed by atoms with Gasteiger partial charge in [-0.15, -0.1) is 6.42 Å². The number of carbonyl (C=O) groups is 1. The molecule has 1 amide bonds. The van der Waals surface area contributed by atoms with Crippen LogP contribution in [0, 0.1) is 18.2 Å². The molecule has 1 unspecified atom stereocenters. The van der Waals surface area contributed by atoms with Crippen LogP contribution in [-0.4, -0.2) is 26.7 Å². The Bertz CT molecular complexity index is 942. The second-order valence-electron chi connectivity index (χ2n) is 5.30. The average Bonchev–Trinajstić information content (AvgIpc) is 2.64. The predicted molar refractivity (Wildman–Crippen MR) is 104 cm³/mol. The van der Waals surface area contributed by atoms with Crippen LogP contribution in [0.3, 0.4) is 0 Å². The third-order valence-electron chi connectivity index (χ3n) is 3.46. The van der Waals surface area contributed by atoms with Crippen LogP contribution >= 0.6 is 15.9 Å². The van der Waals surface area contributed by atoms with E-state index in [0.29, 0.717) is 14.5 Å². The molecule has 0 bridgehead atoms. The summed E-state index contributed by atoms with van der Waals surface area (Å²) in [5.74, 6) is 1.08. The molecule has 0 radical (unpaired) electrons. The van der Waals surface area contributed by atoms with Crippen LogP contribution in [0.25, 0.3) is 6.08 Å². The molecule has 1 heterocycles. The van der Waals surface area contributed by atoms with Gasteiger partial charge in [-0.2, -0.15) is 0 Å². The monoisotopic (exact) mass is 450 g/mol. The van der Waals surface area contributed by atoms with Crippen LogP contribution in [0.5, 0.6) is 0 Å². The number of amides is 1. The van der Waals surface area contributed by atoms with Crippen LogP contribution in [0.4, 0.5) is 10.1 Å². The molecule has 2 rings (SSSR count). The molecule has 0 aliphatic carbocycles. The number of halogens is 2. The summed E-state index contributed by atoms with van der Waals surface area (Å²) in [6, 6.07) is 6.10. The molecule has 27 heavy (non-hydrogen) atoms. The van der Waals surface area contributed by atoms with Crippen molar-refractivity contribution in [2.45, 2.75) is 6.54 Å². The minimum Gasteiger partial charge on any atom is -0.755 e. The first kappa shape index (κ1) is 20.8. The third-order valence-corrected chi connectivity index (χ3v) is 4.56. The zero-order valence-corrected chi connectivity index (χ0v) is 16.5. The second kappa shape index (κ2) is 9.41. The van der Waals surface area contributed by atoms with Crippen LogP contribution in [0.15, 0.2) is 41.1 Å². The van der Waals surface area contributed by atoms with E-state index in [9.17, 15) is 17.9 Å². The van der Waals surface area contributed by atoms with E-state index in [-0.39, 0.29) is 23.7 Å². The highest BCUT2D eigenvalue weighted by molar-refractivity contribution is 9.10. The number of rotatable bonds is 6. The molecular formula is C18H14BrFN3O3S-. The topological polar surface area (TPSA) is 85.4 Å². The number of pyridine rings is 1. The van der Waals surface area contributed by atoms with E-state index >= 15 is 0 Å². The first-order valence-corrected chi connectivity index (χ1v) is 9.34. The zero-order valence-electron chi connectivity index (χ0n) is 14.1. The van der Waals surface area contributed by atoms with Gasteiger partial charge in [0.25, 0.3) is 0 Å².